The molecule has 1 aliphatic rings. The van der Waals surface area contributed by atoms with Crippen LogP contribution < -0.4 is 0 Å². The molecule has 0 N–H and O–H groups in total. The average Bonchev–Trinajstić information content (AvgIpc) is 2.37. The molecule has 1 heterocycles. The largest absolute Gasteiger partial charge is 0.425 e. The van der Waals surface area contributed by atoms with Crippen molar-refractivity contribution in [2.75, 3.05) is 0 Å². The summed E-state index contributed by atoms with van der Waals surface area (Å²) in [4.78, 5) is 10.9. The first-order valence-electron chi connectivity index (χ1n) is 4.78. The maximum Gasteiger partial charge on any atom is 0.308 e. The zero-order valence-electron chi connectivity index (χ0n) is 8.95. The lowest BCUT2D eigenvalue weighted by atomic mass is 10.2. The van der Waals surface area contributed by atoms with Gasteiger partial charge in [-0.2, -0.15) is 12.8 Å². The summed E-state index contributed by atoms with van der Waals surface area (Å²) < 4.78 is 31.8. The van der Waals surface area contributed by atoms with Gasteiger partial charge in [0.1, 0.15) is 0 Å². The first-order valence-corrected chi connectivity index (χ1v) is 6.22. The smallest absolute Gasteiger partial charge is 0.308 e. The van der Waals surface area contributed by atoms with Crippen LogP contribution in [0.25, 0.3) is 6.08 Å². The van der Waals surface area contributed by atoms with E-state index in [4.69, 9.17) is 4.74 Å². The van der Waals surface area contributed by atoms with Gasteiger partial charge in [-0.05, 0) is 17.7 Å². The van der Waals surface area contributed by atoms with Gasteiger partial charge in [0.2, 0.25) is 0 Å². The fraction of sp³-hybridized carbons (Fsp3) is 0.0909. The second kappa shape index (κ2) is 4.14. The van der Waals surface area contributed by atoms with Crippen molar-refractivity contribution in [3.05, 3.63) is 35.6 Å². The van der Waals surface area contributed by atoms with Gasteiger partial charge in [-0.3, -0.25) is 4.79 Å². The third kappa shape index (κ3) is 2.42. The predicted octanol–water partition coefficient (Wildman–Crippen LogP) is 1.36. The Morgan fingerprint density at radius 2 is 2.00 bits per heavy atom. The third-order valence-corrected chi connectivity index (χ3v) is 3.39. The molecule has 0 radical (unpaired) electrons. The highest BCUT2D eigenvalue weighted by Gasteiger charge is 2.19. The molecule has 0 aromatic heterocycles. The van der Waals surface area contributed by atoms with Crippen molar-refractivity contribution in [2.24, 2.45) is 4.40 Å². The fourth-order valence-corrected chi connectivity index (χ4v) is 2.46. The van der Waals surface area contributed by atoms with Crippen LogP contribution in [0.4, 0.5) is 0 Å². The van der Waals surface area contributed by atoms with Crippen molar-refractivity contribution in [2.45, 2.75) is 11.8 Å². The molecule has 5 nitrogen and oxygen atoms in total. The third-order valence-electron chi connectivity index (χ3n) is 2.07. The number of hydrogen-bond donors (Lipinski definition) is 0. The maximum atomic E-state index is 11.8. The van der Waals surface area contributed by atoms with Crippen LogP contribution >= 0.6 is 0 Å². The van der Waals surface area contributed by atoms with Crippen molar-refractivity contribution in [3.63, 3.8) is 0 Å². The van der Waals surface area contributed by atoms with Crippen molar-refractivity contribution < 1.29 is 17.9 Å². The second-order valence-corrected chi connectivity index (χ2v) is 4.99. The highest BCUT2D eigenvalue weighted by molar-refractivity contribution is 7.90. The molecule has 17 heavy (non-hydrogen) atoms. The van der Waals surface area contributed by atoms with Gasteiger partial charge in [0.15, 0.2) is 5.76 Å². The lowest BCUT2D eigenvalue weighted by Crippen LogP contribution is -1.99. The summed E-state index contributed by atoms with van der Waals surface area (Å²) >= 11 is 0. The standard InChI is InChI=1S/C11H9NO4S/c1-8(13)16-10-6-9-4-2-3-5-11(9)17(14,15)12-7-10/h2-7H,1H3. The maximum absolute atomic E-state index is 11.8. The normalized spacial score (nSPS) is 16.6. The molecule has 0 saturated carbocycles. The summed E-state index contributed by atoms with van der Waals surface area (Å²) in [6, 6.07) is 6.37. The minimum atomic E-state index is -3.72. The van der Waals surface area contributed by atoms with Gasteiger partial charge < -0.3 is 4.74 Å². The SMILES string of the molecule is CC(=O)OC1=Cc2ccccc2S(=O)(=O)N=C1. The topological polar surface area (TPSA) is 72.8 Å². The predicted molar refractivity (Wildman–Crippen MR) is 61.9 cm³/mol. The van der Waals surface area contributed by atoms with Crippen molar-refractivity contribution in [3.8, 4) is 0 Å². The summed E-state index contributed by atoms with van der Waals surface area (Å²) in [7, 11) is -3.72. The second-order valence-electron chi connectivity index (χ2n) is 3.39. The summed E-state index contributed by atoms with van der Waals surface area (Å²) in [5, 5.41) is 0. The molecule has 2 rings (SSSR count). The minimum Gasteiger partial charge on any atom is -0.425 e. The Morgan fingerprint density at radius 1 is 1.29 bits per heavy atom. The van der Waals surface area contributed by atoms with E-state index < -0.39 is 16.0 Å². The van der Waals surface area contributed by atoms with E-state index in [9.17, 15) is 13.2 Å². The molecule has 0 spiro atoms. The van der Waals surface area contributed by atoms with Crippen LogP contribution in [0.3, 0.4) is 0 Å². The number of hydrogen-bond acceptors (Lipinski definition) is 4. The van der Waals surface area contributed by atoms with E-state index in [1.165, 1.54) is 19.1 Å². The molecule has 0 bridgehead atoms. The molecule has 0 unspecified atom stereocenters. The molecule has 1 aromatic rings. The number of benzene rings is 1. The van der Waals surface area contributed by atoms with Gasteiger partial charge in [0.25, 0.3) is 10.0 Å². The molecule has 6 heteroatoms. The van der Waals surface area contributed by atoms with Gasteiger partial charge >= 0.3 is 5.97 Å². The van der Waals surface area contributed by atoms with Crippen LogP contribution in [0.5, 0.6) is 0 Å². The number of ether oxygens (including phenoxy) is 1. The van der Waals surface area contributed by atoms with Crippen molar-refractivity contribution in [1.82, 2.24) is 0 Å². The number of fused-ring (bicyclic) bond motifs is 1. The zero-order chi connectivity index (χ0) is 12.5. The first kappa shape index (κ1) is 11.5. The molecule has 0 aliphatic carbocycles. The number of carbonyl (C=O) groups excluding carboxylic acids is 1. The number of allylic oxidation sites excluding steroid dienone is 1. The molecular formula is C11H9NO4S. The molecule has 0 atom stereocenters. The average molecular weight is 251 g/mol. The lowest BCUT2D eigenvalue weighted by Gasteiger charge is -2.01. The quantitative estimate of drug-likeness (QED) is 0.706. The summed E-state index contributed by atoms with van der Waals surface area (Å²) in [6.45, 7) is 1.24. The van der Waals surface area contributed by atoms with Gasteiger partial charge in [-0.25, -0.2) is 0 Å². The van der Waals surface area contributed by atoms with Gasteiger partial charge in [-0.15, -0.1) is 0 Å². The van der Waals surface area contributed by atoms with Gasteiger partial charge in [0, 0.05) is 6.92 Å². The highest BCUT2D eigenvalue weighted by Crippen LogP contribution is 2.23. The highest BCUT2D eigenvalue weighted by atomic mass is 32.2. The van der Waals surface area contributed by atoms with E-state index in [1.807, 2.05) is 0 Å². The van der Waals surface area contributed by atoms with Crippen molar-refractivity contribution in [1.29, 1.82) is 0 Å². The molecule has 88 valence electrons. The molecule has 0 saturated heterocycles. The Hall–Kier alpha value is -1.95. The van der Waals surface area contributed by atoms with E-state index in [-0.39, 0.29) is 10.7 Å². The van der Waals surface area contributed by atoms with E-state index in [0.717, 1.165) is 6.21 Å². The lowest BCUT2D eigenvalue weighted by molar-refractivity contribution is -0.135. The van der Waals surface area contributed by atoms with Crippen LogP contribution in [-0.4, -0.2) is 20.6 Å². The first-order chi connectivity index (χ1) is 7.99. The van der Waals surface area contributed by atoms with E-state index >= 15 is 0 Å². The summed E-state index contributed by atoms with van der Waals surface area (Å²) in [5.74, 6) is -0.425. The van der Waals surface area contributed by atoms with Crippen LogP contribution in [0, 0.1) is 0 Å². The minimum absolute atomic E-state index is 0.0957. The Labute approximate surface area is 98.5 Å². The Bertz CT molecular complexity index is 629. The number of rotatable bonds is 1. The fourth-order valence-electron chi connectivity index (χ4n) is 1.43. The van der Waals surface area contributed by atoms with Crippen LogP contribution in [0.1, 0.15) is 12.5 Å². The summed E-state index contributed by atoms with van der Waals surface area (Å²) in [6.07, 6.45) is 2.49. The molecular weight excluding hydrogens is 242 g/mol. The molecule has 0 amide bonds. The van der Waals surface area contributed by atoms with Crippen LogP contribution in [0.15, 0.2) is 39.3 Å². The molecule has 0 fully saturated rings. The molecule has 1 aromatic carbocycles. The number of nitrogens with zero attached hydrogens (tertiary/aromatic N) is 1. The monoisotopic (exact) mass is 251 g/mol. The van der Waals surface area contributed by atoms with E-state index in [1.54, 1.807) is 18.2 Å². The molecule has 1 aliphatic heterocycles. The van der Waals surface area contributed by atoms with Crippen molar-refractivity contribution >= 4 is 28.3 Å². The van der Waals surface area contributed by atoms with Gasteiger partial charge in [0.05, 0.1) is 11.1 Å². The Morgan fingerprint density at radius 3 is 2.71 bits per heavy atom. The van der Waals surface area contributed by atoms with Gasteiger partial charge in [-0.1, -0.05) is 18.2 Å². The number of carbonyl (C=O) groups is 1. The van der Waals surface area contributed by atoms with E-state index in [0.29, 0.717) is 5.56 Å². The Kier molecular flexibility index (Phi) is 2.81. The van der Waals surface area contributed by atoms with Crippen LogP contribution in [-0.2, 0) is 19.6 Å². The van der Waals surface area contributed by atoms with Crippen LogP contribution in [0.2, 0.25) is 0 Å². The Balaban J connectivity index is 2.59. The van der Waals surface area contributed by atoms with E-state index in [2.05, 4.69) is 4.40 Å². The summed E-state index contributed by atoms with van der Waals surface area (Å²) in [5.41, 5.74) is 0.446. The number of esters is 1. The zero-order valence-corrected chi connectivity index (χ0v) is 9.77. The number of sulfonamides is 1.